The summed E-state index contributed by atoms with van der Waals surface area (Å²) in [5.41, 5.74) is 6.46. The lowest BCUT2D eigenvalue weighted by Crippen LogP contribution is -2.16. The average Bonchev–Trinajstić information content (AvgIpc) is 3.03. The van der Waals surface area contributed by atoms with Gasteiger partial charge in [-0.05, 0) is 56.7 Å². The van der Waals surface area contributed by atoms with Crippen LogP contribution in [0.1, 0.15) is 36.2 Å². The molecule has 0 saturated carbocycles. The van der Waals surface area contributed by atoms with Crippen molar-refractivity contribution in [2.45, 2.75) is 39.0 Å². The number of rotatable bonds is 6. The fourth-order valence-electron chi connectivity index (χ4n) is 3.86. The maximum atomic E-state index is 9.15. The van der Waals surface area contributed by atoms with Gasteiger partial charge < -0.3 is 15.2 Å². The normalized spacial score (nSPS) is 13.6. The number of aromatic nitrogens is 3. The van der Waals surface area contributed by atoms with Gasteiger partial charge in [-0.2, -0.15) is 9.61 Å². The minimum atomic E-state index is 0.179. The van der Waals surface area contributed by atoms with Crippen molar-refractivity contribution in [2.75, 3.05) is 25.6 Å². The molecule has 4 rings (SSSR count). The molecular weight excluding hydrogens is 340 g/mol. The molecule has 0 saturated heterocycles. The van der Waals surface area contributed by atoms with Crippen LogP contribution < -0.4 is 10.1 Å². The van der Waals surface area contributed by atoms with Gasteiger partial charge in [-0.1, -0.05) is 12.1 Å². The van der Waals surface area contributed by atoms with Gasteiger partial charge in [0.15, 0.2) is 5.65 Å². The third-order valence-electron chi connectivity index (χ3n) is 5.22. The SMILES string of the molecule is COc1ccc(-c2c(C)nn3c(NCCCO)c4c(nc23)CCCC4)cc1. The highest BCUT2D eigenvalue weighted by Gasteiger charge is 2.22. The van der Waals surface area contributed by atoms with Crippen molar-refractivity contribution < 1.29 is 9.84 Å². The van der Waals surface area contributed by atoms with E-state index in [2.05, 4.69) is 17.4 Å². The summed E-state index contributed by atoms with van der Waals surface area (Å²) in [6, 6.07) is 8.06. The minimum Gasteiger partial charge on any atom is -0.497 e. The van der Waals surface area contributed by atoms with Crippen LogP contribution in [0.3, 0.4) is 0 Å². The van der Waals surface area contributed by atoms with E-state index in [9.17, 15) is 0 Å². The molecule has 0 atom stereocenters. The smallest absolute Gasteiger partial charge is 0.165 e. The number of hydrogen-bond acceptors (Lipinski definition) is 5. The van der Waals surface area contributed by atoms with E-state index in [-0.39, 0.29) is 6.61 Å². The van der Waals surface area contributed by atoms with Gasteiger partial charge in [0.25, 0.3) is 0 Å². The Morgan fingerprint density at radius 3 is 2.70 bits per heavy atom. The number of hydrogen-bond donors (Lipinski definition) is 2. The highest BCUT2D eigenvalue weighted by atomic mass is 16.5. The molecule has 142 valence electrons. The molecule has 0 unspecified atom stereocenters. The zero-order chi connectivity index (χ0) is 18.8. The topological polar surface area (TPSA) is 71.7 Å². The van der Waals surface area contributed by atoms with Crippen LogP contribution in [0.2, 0.25) is 0 Å². The maximum Gasteiger partial charge on any atom is 0.165 e. The summed E-state index contributed by atoms with van der Waals surface area (Å²) in [7, 11) is 1.67. The van der Waals surface area contributed by atoms with Gasteiger partial charge >= 0.3 is 0 Å². The number of aryl methyl sites for hydroxylation is 2. The van der Waals surface area contributed by atoms with Crippen molar-refractivity contribution in [3.63, 3.8) is 0 Å². The van der Waals surface area contributed by atoms with Gasteiger partial charge in [0.2, 0.25) is 0 Å². The van der Waals surface area contributed by atoms with Crippen molar-refractivity contribution in [1.29, 1.82) is 0 Å². The molecule has 2 aromatic heterocycles. The van der Waals surface area contributed by atoms with Crippen molar-refractivity contribution in [1.82, 2.24) is 14.6 Å². The Morgan fingerprint density at radius 2 is 1.96 bits per heavy atom. The van der Waals surface area contributed by atoms with Crippen molar-refractivity contribution in [2.24, 2.45) is 0 Å². The van der Waals surface area contributed by atoms with E-state index in [0.29, 0.717) is 6.42 Å². The Bertz CT molecular complexity index is 947. The summed E-state index contributed by atoms with van der Waals surface area (Å²) in [6.45, 7) is 2.93. The third kappa shape index (κ3) is 3.25. The number of aliphatic hydroxyl groups is 1. The van der Waals surface area contributed by atoms with Gasteiger partial charge in [-0.15, -0.1) is 0 Å². The Labute approximate surface area is 159 Å². The second-order valence-electron chi connectivity index (χ2n) is 7.02. The van der Waals surface area contributed by atoms with Crippen LogP contribution in [0.5, 0.6) is 5.75 Å². The van der Waals surface area contributed by atoms with Crippen LogP contribution in [0.4, 0.5) is 5.82 Å². The quantitative estimate of drug-likeness (QED) is 0.655. The molecule has 1 aliphatic rings. The minimum absolute atomic E-state index is 0.179. The first-order valence-electron chi connectivity index (χ1n) is 9.63. The predicted molar refractivity (Wildman–Crippen MR) is 107 cm³/mol. The summed E-state index contributed by atoms with van der Waals surface area (Å²) >= 11 is 0. The highest BCUT2D eigenvalue weighted by Crippen LogP contribution is 2.34. The molecule has 27 heavy (non-hydrogen) atoms. The molecule has 0 fully saturated rings. The lowest BCUT2D eigenvalue weighted by Gasteiger charge is -2.20. The molecule has 0 aliphatic heterocycles. The van der Waals surface area contributed by atoms with Crippen LogP contribution in [0.25, 0.3) is 16.8 Å². The maximum absolute atomic E-state index is 9.15. The molecule has 2 N–H and O–H groups in total. The van der Waals surface area contributed by atoms with Gasteiger partial charge in [0.1, 0.15) is 11.6 Å². The van der Waals surface area contributed by atoms with Crippen molar-refractivity contribution in [3.05, 3.63) is 41.2 Å². The van der Waals surface area contributed by atoms with Crippen LogP contribution in [-0.2, 0) is 12.8 Å². The summed E-state index contributed by atoms with van der Waals surface area (Å²) in [5.74, 6) is 1.87. The number of nitrogens with one attached hydrogen (secondary N) is 1. The van der Waals surface area contributed by atoms with Crippen molar-refractivity contribution in [3.8, 4) is 16.9 Å². The van der Waals surface area contributed by atoms with Crippen LogP contribution in [-0.4, -0.2) is 40.0 Å². The van der Waals surface area contributed by atoms with E-state index in [0.717, 1.165) is 53.4 Å². The van der Waals surface area contributed by atoms with Crippen LogP contribution >= 0.6 is 0 Å². The summed E-state index contributed by atoms with van der Waals surface area (Å²) in [5, 5.41) is 17.5. The molecule has 0 bridgehead atoms. The second-order valence-corrected chi connectivity index (χ2v) is 7.02. The lowest BCUT2D eigenvalue weighted by atomic mass is 9.96. The number of ether oxygens (including phenoxy) is 1. The molecule has 6 heteroatoms. The number of nitrogens with zero attached hydrogens (tertiary/aromatic N) is 3. The number of benzene rings is 1. The van der Waals surface area contributed by atoms with Crippen LogP contribution in [0, 0.1) is 6.92 Å². The third-order valence-corrected chi connectivity index (χ3v) is 5.22. The van der Waals surface area contributed by atoms with Crippen molar-refractivity contribution >= 4 is 11.5 Å². The molecule has 0 amide bonds. The van der Waals surface area contributed by atoms with E-state index < -0.39 is 0 Å². The Hall–Kier alpha value is -2.60. The van der Waals surface area contributed by atoms with Crippen LogP contribution in [0.15, 0.2) is 24.3 Å². The largest absolute Gasteiger partial charge is 0.497 e. The molecule has 0 spiro atoms. The van der Waals surface area contributed by atoms with E-state index in [1.165, 1.54) is 24.1 Å². The van der Waals surface area contributed by atoms with Gasteiger partial charge in [-0.3, -0.25) is 0 Å². The molecule has 1 aromatic carbocycles. The first kappa shape index (κ1) is 17.8. The lowest BCUT2D eigenvalue weighted by molar-refractivity contribution is 0.292. The zero-order valence-electron chi connectivity index (χ0n) is 16.0. The fraction of sp³-hybridized carbons (Fsp3) is 0.429. The first-order chi connectivity index (χ1) is 13.2. The van der Waals surface area contributed by atoms with Gasteiger partial charge in [0.05, 0.1) is 12.8 Å². The summed E-state index contributed by atoms with van der Waals surface area (Å²) in [6.07, 6.45) is 5.10. The molecule has 0 radical (unpaired) electrons. The standard InChI is InChI=1S/C21H26N4O2/c1-14-19(15-8-10-16(27-2)11-9-15)21-23-18-7-4-3-6-17(18)20(25(21)24-14)22-12-5-13-26/h8-11,22,26H,3-7,12-13H2,1-2H3. The first-order valence-corrected chi connectivity index (χ1v) is 9.63. The van der Waals surface area contributed by atoms with E-state index in [1.807, 2.05) is 23.6 Å². The Kier molecular flexibility index (Phi) is 4.99. The Morgan fingerprint density at radius 1 is 1.19 bits per heavy atom. The van der Waals surface area contributed by atoms with Gasteiger partial charge in [0, 0.05) is 30.0 Å². The number of aliphatic hydroxyl groups excluding tert-OH is 1. The van der Waals surface area contributed by atoms with E-state index in [4.69, 9.17) is 19.9 Å². The molecule has 2 heterocycles. The molecule has 6 nitrogen and oxygen atoms in total. The average molecular weight is 366 g/mol. The molecule has 3 aromatic rings. The molecular formula is C21H26N4O2. The predicted octanol–water partition coefficient (Wildman–Crippen LogP) is 3.39. The highest BCUT2D eigenvalue weighted by molar-refractivity contribution is 5.81. The monoisotopic (exact) mass is 366 g/mol. The summed E-state index contributed by atoms with van der Waals surface area (Å²) in [4.78, 5) is 5.02. The Balaban J connectivity index is 1.88. The van der Waals surface area contributed by atoms with Gasteiger partial charge in [-0.25, -0.2) is 4.98 Å². The van der Waals surface area contributed by atoms with E-state index >= 15 is 0 Å². The number of methoxy groups -OCH3 is 1. The fourth-order valence-corrected chi connectivity index (χ4v) is 3.86. The number of anilines is 1. The number of fused-ring (bicyclic) bond motifs is 2. The molecule has 1 aliphatic carbocycles. The van der Waals surface area contributed by atoms with E-state index in [1.54, 1.807) is 7.11 Å². The summed E-state index contributed by atoms with van der Waals surface area (Å²) < 4.78 is 7.24. The zero-order valence-corrected chi connectivity index (χ0v) is 16.0. The second kappa shape index (κ2) is 7.56.